The summed E-state index contributed by atoms with van der Waals surface area (Å²) in [5.41, 5.74) is 12.5. The highest BCUT2D eigenvalue weighted by Crippen LogP contribution is 2.37. The fraction of sp³-hybridized carbons (Fsp3) is 0.364. The van der Waals surface area contributed by atoms with Crippen molar-refractivity contribution >= 4 is 35.6 Å². The molecule has 12 heteroatoms. The van der Waals surface area contributed by atoms with E-state index in [1.165, 1.54) is 39.1 Å². The summed E-state index contributed by atoms with van der Waals surface area (Å²) >= 11 is 17.0. The highest BCUT2D eigenvalue weighted by molar-refractivity contribution is 6.30. The van der Waals surface area contributed by atoms with Crippen molar-refractivity contribution in [1.82, 2.24) is 29.9 Å². The van der Waals surface area contributed by atoms with E-state index >= 15 is 0 Å². The van der Waals surface area contributed by atoms with Crippen molar-refractivity contribution in [3.05, 3.63) is 164 Å². The first-order valence-electron chi connectivity index (χ1n) is 19.2. The fourth-order valence-corrected chi connectivity index (χ4v) is 8.07. The number of halogens is 4. The van der Waals surface area contributed by atoms with Crippen LogP contribution in [-0.2, 0) is 43.3 Å². The summed E-state index contributed by atoms with van der Waals surface area (Å²) in [4.78, 5) is 23.3. The van der Waals surface area contributed by atoms with Crippen molar-refractivity contribution < 1.29 is 21.4 Å². The van der Waals surface area contributed by atoms with Gasteiger partial charge in [-0.05, 0) is 122 Å². The second-order valence-electron chi connectivity index (χ2n) is 13.9. The molecule has 2 aromatic carbocycles. The monoisotopic (exact) mass is 835 g/mol. The molecule has 296 valence electrons. The maximum Gasteiger partial charge on any atom is 0.225 e. The molecule has 0 bridgehead atoms. The molecule has 0 saturated carbocycles. The second-order valence-corrected chi connectivity index (χ2v) is 15.2. The van der Waals surface area contributed by atoms with Gasteiger partial charge in [0.25, 0.3) is 0 Å². The number of rotatable bonds is 12. The summed E-state index contributed by atoms with van der Waals surface area (Å²) in [7, 11) is 0. The molecule has 2 aliphatic carbocycles. The molecule has 56 heavy (non-hydrogen) atoms. The van der Waals surface area contributed by atoms with Crippen molar-refractivity contribution in [2.75, 3.05) is 25.7 Å². The molecule has 0 amide bonds. The molecule has 0 spiro atoms. The number of imidazole rings is 2. The van der Waals surface area contributed by atoms with Crippen LogP contribution >= 0.6 is 35.6 Å². The summed E-state index contributed by atoms with van der Waals surface area (Å²) in [6.45, 7) is 1.66. The lowest BCUT2D eigenvalue weighted by atomic mass is 9.89. The van der Waals surface area contributed by atoms with E-state index in [-0.39, 0.29) is 30.8 Å². The highest BCUT2D eigenvalue weighted by Gasteiger charge is 2.26. The Morgan fingerprint density at radius 3 is 1.88 bits per heavy atom. The van der Waals surface area contributed by atoms with Gasteiger partial charge in [-0.25, -0.2) is 9.97 Å². The summed E-state index contributed by atoms with van der Waals surface area (Å²) in [6, 6.07) is 20.8. The Kier molecular flexibility index (Phi) is 17.7. The molecule has 4 aromatic heterocycles. The predicted octanol–water partition coefficient (Wildman–Crippen LogP) is 9.12. The maximum absolute atomic E-state index is 9.37. The first-order valence-corrected chi connectivity index (χ1v) is 20.5. The summed E-state index contributed by atoms with van der Waals surface area (Å²) in [5.74, 6) is 1.18. The lowest BCUT2D eigenvalue weighted by molar-refractivity contribution is -0.289. The number of fused-ring (bicyclic) bond motifs is 4. The Bertz CT molecular complexity index is 2040. The van der Waals surface area contributed by atoms with Crippen LogP contribution in [0.25, 0.3) is 0 Å². The number of aromatic nitrogens is 6. The summed E-state index contributed by atoms with van der Waals surface area (Å²) in [5, 5.41) is 11.1. The van der Waals surface area contributed by atoms with E-state index in [9.17, 15) is 5.11 Å². The first kappa shape index (κ1) is 43.4. The topological polar surface area (TPSA) is 113 Å². The molecule has 3 N–H and O–H groups in total. The van der Waals surface area contributed by atoms with Crippen LogP contribution in [0.5, 0.6) is 0 Å². The third kappa shape index (κ3) is 12.1. The normalized spacial score (nSPS) is 15.1. The van der Waals surface area contributed by atoms with Gasteiger partial charge < -0.3 is 19.8 Å². The third-order valence-electron chi connectivity index (χ3n) is 10.2. The van der Waals surface area contributed by atoms with E-state index in [0.717, 1.165) is 104 Å². The van der Waals surface area contributed by atoms with Crippen LogP contribution in [0.15, 0.2) is 98.1 Å². The number of pyridine rings is 2. The number of nitrogens with one attached hydrogen (secondary N) is 2. The van der Waals surface area contributed by atoms with Gasteiger partial charge in [0.15, 0.2) is 11.6 Å². The molecule has 2 atom stereocenters. The Morgan fingerprint density at radius 2 is 1.29 bits per heavy atom. The zero-order valence-electron chi connectivity index (χ0n) is 31.5. The molecule has 0 radical (unpaired) electrons. The first-order chi connectivity index (χ1) is 27.0. The van der Waals surface area contributed by atoms with Crippen LogP contribution in [-0.4, -0.2) is 60.7 Å². The molecule has 8 rings (SSSR count). The number of alkyl halides is 1. The van der Waals surface area contributed by atoms with Gasteiger partial charge in [-0.15, -0.1) is 24.0 Å². The number of aromatic amines is 2. The van der Waals surface area contributed by atoms with Crippen molar-refractivity contribution in [2.45, 2.75) is 76.0 Å². The zero-order chi connectivity index (χ0) is 38.2. The van der Waals surface area contributed by atoms with Crippen LogP contribution in [0.4, 0.5) is 0 Å². The van der Waals surface area contributed by atoms with Gasteiger partial charge in [-0.1, -0.05) is 35.9 Å². The minimum Gasteiger partial charge on any atom is -0.396 e. The Morgan fingerprint density at radius 1 is 0.714 bits per heavy atom. The predicted molar refractivity (Wildman–Crippen MR) is 224 cm³/mol. The maximum atomic E-state index is 9.37. The number of ether oxygens (including phenoxy) is 1. The van der Waals surface area contributed by atoms with Gasteiger partial charge in [-0.2, -0.15) is 0 Å². The number of hydrogen-bond acceptors (Lipinski definition) is 6. The van der Waals surface area contributed by atoms with Gasteiger partial charge in [0.05, 0.1) is 24.0 Å². The van der Waals surface area contributed by atoms with Crippen molar-refractivity contribution in [3.63, 3.8) is 0 Å². The Labute approximate surface area is 351 Å². The van der Waals surface area contributed by atoms with Crippen LogP contribution in [0, 0.1) is 11.6 Å². The van der Waals surface area contributed by atoms with Gasteiger partial charge in [0.1, 0.15) is 0 Å². The molecular weight excluding hydrogens is 786 g/mol. The van der Waals surface area contributed by atoms with Gasteiger partial charge >= 0.3 is 0 Å². The molecule has 0 saturated heterocycles. The van der Waals surface area contributed by atoms with Crippen molar-refractivity contribution in [2.24, 2.45) is 0 Å². The van der Waals surface area contributed by atoms with E-state index in [4.69, 9.17) is 44.5 Å². The van der Waals surface area contributed by atoms with E-state index in [2.05, 4.69) is 61.3 Å². The van der Waals surface area contributed by atoms with Crippen molar-refractivity contribution in [1.29, 1.82) is 0 Å². The average Bonchev–Trinajstić information content (AvgIpc) is 3.89. The standard InChI is InChI=1S/C22H24ClN3O.C16H17ClNO.C6H9ClN2.ClH/c23-18-7-8-20-17(13-18)6-5-16-3-1-10-25-22(16)21(20)9-12-27-11-2-4-19-14-24-15-26-19;17-13-5-6-14-12(10-13)4-3-11-2-1-8-18-16(11)15(14)7-9-19;7-3-1-2-6-4-8-5-9-6;/h1,3,7-8,10,13-15,21H,2,4-6,9,11-12H2,(H,24,26);1-2,5-6,8,10,15,17,19H,3-4,7,9H2;4-5H,1-3H2,(H,8,9);1H/q;+1;;. The molecule has 2 unspecified atom stereocenters. The molecular formula is C44H51Cl4N6O2+. The lowest BCUT2D eigenvalue weighted by Crippen LogP contribution is -2.10. The van der Waals surface area contributed by atoms with E-state index in [1.807, 2.05) is 49.1 Å². The third-order valence-corrected chi connectivity index (χ3v) is 11.0. The quantitative estimate of drug-likeness (QED) is 0.0838. The highest BCUT2D eigenvalue weighted by atomic mass is 35.5. The number of aliphatic hydroxyl groups excluding tert-OH is 1. The van der Waals surface area contributed by atoms with E-state index in [1.54, 1.807) is 12.7 Å². The minimum atomic E-state index is 0. The van der Waals surface area contributed by atoms with Gasteiger partial charge in [0.2, 0.25) is 5.02 Å². The zero-order valence-corrected chi connectivity index (χ0v) is 34.7. The summed E-state index contributed by atoms with van der Waals surface area (Å²) < 4.78 is 5.94. The molecule has 8 nitrogen and oxygen atoms in total. The fourth-order valence-electron chi connectivity index (χ4n) is 7.54. The SMILES string of the molecule is Cl.ClCCCc1cnc[nH]1.Clc1ccc2c(c1)CCc1cccnc1C2CCOCCCc1cnc[nH]1.OCCC1c2ccc([ClH+])cc2CCc2cccnc21. The van der Waals surface area contributed by atoms with Crippen LogP contribution < -0.4 is 0 Å². The largest absolute Gasteiger partial charge is 0.396 e. The molecule has 4 heterocycles. The van der Waals surface area contributed by atoms with Gasteiger partial charge in [-0.3, -0.25) is 9.97 Å². The minimum absolute atomic E-state index is 0. The van der Waals surface area contributed by atoms with E-state index < -0.39 is 0 Å². The lowest BCUT2D eigenvalue weighted by Gasteiger charge is -2.19. The van der Waals surface area contributed by atoms with Gasteiger partial charge in [0, 0.05) is 90.9 Å². The average molecular weight is 838 g/mol. The Balaban J connectivity index is 0.000000179. The molecule has 0 aliphatic heterocycles. The number of benzene rings is 2. The van der Waals surface area contributed by atoms with Crippen molar-refractivity contribution in [3.8, 4) is 0 Å². The number of hydrogen-bond donors (Lipinski definition) is 3. The number of aliphatic hydroxyl groups is 1. The second kappa shape index (κ2) is 22.8. The number of nitrogens with zero attached hydrogens (tertiary/aromatic N) is 4. The van der Waals surface area contributed by atoms with Crippen LogP contribution in [0.3, 0.4) is 0 Å². The smallest absolute Gasteiger partial charge is 0.225 e. The van der Waals surface area contributed by atoms with Crippen LogP contribution in [0.1, 0.15) is 93.7 Å². The molecule has 0 fully saturated rings. The molecule has 6 aromatic rings. The molecule has 2 aliphatic rings. The number of aryl methyl sites for hydroxylation is 6. The van der Waals surface area contributed by atoms with E-state index in [0.29, 0.717) is 6.42 Å². The summed E-state index contributed by atoms with van der Waals surface area (Å²) in [6.07, 6.45) is 20.5. The number of H-pyrrole nitrogens is 2. The van der Waals surface area contributed by atoms with Crippen LogP contribution in [0.2, 0.25) is 10.0 Å². The Hall–Kier alpha value is -3.76.